The molecule has 0 saturated carbocycles. The van der Waals surface area contributed by atoms with Crippen LogP contribution in [0.5, 0.6) is 5.75 Å². The highest BCUT2D eigenvalue weighted by molar-refractivity contribution is 7.80. The lowest BCUT2D eigenvalue weighted by Crippen LogP contribution is -2.29. The normalized spacial score (nSPS) is 11.6. The summed E-state index contributed by atoms with van der Waals surface area (Å²) < 4.78 is 5.79. The highest BCUT2D eigenvalue weighted by Gasteiger charge is 2.25. The summed E-state index contributed by atoms with van der Waals surface area (Å²) in [5.41, 5.74) is 0.106. The predicted octanol–water partition coefficient (Wildman–Crippen LogP) is 5.11. The molecule has 0 amide bonds. The number of halogens is 2. The zero-order valence-electron chi connectivity index (χ0n) is 10.2. The van der Waals surface area contributed by atoms with Crippen LogP contribution in [-0.4, -0.2) is 12.4 Å². The molecule has 1 nitrogen and oxygen atoms in total. The molecule has 0 unspecified atom stereocenters. The van der Waals surface area contributed by atoms with Crippen LogP contribution in [-0.2, 0) is 0 Å². The third-order valence-corrected chi connectivity index (χ3v) is 4.76. The summed E-state index contributed by atoms with van der Waals surface area (Å²) in [6.45, 7) is 4.93. The van der Waals surface area contributed by atoms with Crippen molar-refractivity contribution in [3.63, 3.8) is 0 Å². The number of ether oxygens (including phenoxy) is 1. The van der Waals surface area contributed by atoms with Crippen molar-refractivity contribution in [1.29, 1.82) is 0 Å². The lowest BCUT2D eigenvalue weighted by atomic mass is 9.85. The van der Waals surface area contributed by atoms with Crippen molar-refractivity contribution in [3.8, 4) is 5.75 Å². The molecule has 0 aliphatic carbocycles. The van der Waals surface area contributed by atoms with Crippen LogP contribution in [0.15, 0.2) is 18.2 Å². The fraction of sp³-hybridized carbons (Fsp3) is 0.538. The van der Waals surface area contributed by atoms with Gasteiger partial charge in [-0.15, -0.1) is 0 Å². The van der Waals surface area contributed by atoms with Crippen molar-refractivity contribution in [2.24, 2.45) is 5.41 Å². The fourth-order valence-electron chi connectivity index (χ4n) is 1.55. The molecule has 0 saturated heterocycles. The molecule has 0 aliphatic rings. The van der Waals surface area contributed by atoms with Crippen LogP contribution in [0.3, 0.4) is 0 Å². The topological polar surface area (TPSA) is 9.23 Å². The summed E-state index contributed by atoms with van der Waals surface area (Å²) in [7, 11) is 0. The summed E-state index contributed by atoms with van der Waals surface area (Å²) in [6, 6.07) is 5.43. The van der Waals surface area contributed by atoms with Crippen LogP contribution < -0.4 is 4.74 Å². The zero-order chi connectivity index (χ0) is 12.9. The molecule has 17 heavy (non-hydrogen) atoms. The first-order valence-corrected chi connectivity index (χ1v) is 7.15. The Balaban J connectivity index is 2.75. The van der Waals surface area contributed by atoms with E-state index < -0.39 is 0 Å². The average molecular weight is 293 g/mol. The van der Waals surface area contributed by atoms with Crippen molar-refractivity contribution in [1.82, 2.24) is 0 Å². The van der Waals surface area contributed by atoms with E-state index in [1.807, 2.05) is 12.1 Å². The quantitative estimate of drug-likeness (QED) is 0.717. The average Bonchev–Trinajstić information content (AvgIpc) is 2.36. The molecular formula is C13H18Cl2OS. The number of benzene rings is 1. The first-order valence-electron chi connectivity index (χ1n) is 5.76. The highest BCUT2D eigenvalue weighted by atomic mass is 35.5. The van der Waals surface area contributed by atoms with Gasteiger partial charge in [0.2, 0.25) is 0 Å². The van der Waals surface area contributed by atoms with E-state index in [2.05, 4.69) is 26.5 Å². The molecule has 1 rings (SSSR count). The van der Waals surface area contributed by atoms with Crippen molar-refractivity contribution < 1.29 is 4.74 Å². The van der Waals surface area contributed by atoms with Crippen LogP contribution in [0, 0.1) is 5.41 Å². The van der Waals surface area contributed by atoms with Crippen LogP contribution in [0.2, 0.25) is 10.0 Å². The number of rotatable bonds is 6. The van der Waals surface area contributed by atoms with Crippen molar-refractivity contribution in [3.05, 3.63) is 28.2 Å². The smallest absolute Gasteiger partial charge is 0.139 e. The Morgan fingerprint density at radius 3 is 2.41 bits per heavy atom. The van der Waals surface area contributed by atoms with Gasteiger partial charge in [-0.2, -0.15) is 12.6 Å². The van der Waals surface area contributed by atoms with Crippen LogP contribution in [0.1, 0.15) is 26.7 Å². The van der Waals surface area contributed by atoms with E-state index in [-0.39, 0.29) is 5.41 Å². The largest absolute Gasteiger partial charge is 0.491 e. The summed E-state index contributed by atoms with van der Waals surface area (Å²) in [4.78, 5) is 0. The molecule has 0 aromatic heterocycles. The van der Waals surface area contributed by atoms with Gasteiger partial charge < -0.3 is 4.74 Å². The summed E-state index contributed by atoms with van der Waals surface area (Å²) in [5, 5.41) is 1.00. The van der Waals surface area contributed by atoms with Gasteiger partial charge in [-0.25, -0.2) is 0 Å². The highest BCUT2D eigenvalue weighted by Crippen LogP contribution is 2.34. The minimum atomic E-state index is 0.106. The lowest BCUT2D eigenvalue weighted by Gasteiger charge is -2.29. The molecule has 0 atom stereocenters. The van der Waals surface area contributed by atoms with Gasteiger partial charge >= 0.3 is 0 Å². The second-order valence-electron chi connectivity index (χ2n) is 4.21. The third-order valence-electron chi connectivity index (χ3n) is 3.29. The van der Waals surface area contributed by atoms with E-state index in [4.69, 9.17) is 27.9 Å². The molecule has 0 aliphatic heterocycles. The Bertz CT molecular complexity index is 356. The van der Waals surface area contributed by atoms with Crippen molar-refractivity contribution >= 4 is 35.8 Å². The van der Waals surface area contributed by atoms with Gasteiger partial charge in [-0.3, -0.25) is 0 Å². The minimum Gasteiger partial charge on any atom is -0.491 e. The van der Waals surface area contributed by atoms with Gasteiger partial charge in [-0.05, 0) is 30.7 Å². The maximum absolute atomic E-state index is 6.08. The molecule has 4 heteroatoms. The molecule has 0 heterocycles. The molecule has 0 spiro atoms. The van der Waals surface area contributed by atoms with E-state index in [0.717, 1.165) is 18.6 Å². The molecule has 0 radical (unpaired) electrons. The molecule has 0 fully saturated rings. The maximum atomic E-state index is 6.08. The van der Waals surface area contributed by atoms with Crippen LogP contribution in [0.25, 0.3) is 0 Å². The van der Waals surface area contributed by atoms with Gasteiger partial charge in [0, 0.05) is 5.41 Å². The molecule has 0 bridgehead atoms. The number of thiol groups is 1. The van der Waals surface area contributed by atoms with Gasteiger partial charge in [0.15, 0.2) is 0 Å². The van der Waals surface area contributed by atoms with Gasteiger partial charge in [0.05, 0.1) is 11.6 Å². The molecule has 1 aromatic rings. The Labute approximate surface area is 119 Å². The molecular weight excluding hydrogens is 275 g/mol. The maximum Gasteiger partial charge on any atom is 0.139 e. The Morgan fingerprint density at radius 1 is 1.24 bits per heavy atom. The van der Waals surface area contributed by atoms with E-state index in [1.54, 1.807) is 6.07 Å². The van der Waals surface area contributed by atoms with Gasteiger partial charge in [0.25, 0.3) is 0 Å². The third kappa shape index (κ3) is 3.70. The summed E-state index contributed by atoms with van der Waals surface area (Å²) in [5.74, 6) is 1.45. The van der Waals surface area contributed by atoms with Crippen molar-refractivity contribution in [2.45, 2.75) is 26.7 Å². The zero-order valence-corrected chi connectivity index (χ0v) is 12.6. The Morgan fingerprint density at radius 2 is 1.88 bits per heavy atom. The van der Waals surface area contributed by atoms with Crippen LogP contribution in [0.4, 0.5) is 0 Å². The monoisotopic (exact) mass is 292 g/mol. The standard InChI is InChI=1S/C13H18Cl2OS/c1-3-13(4-2,9-17)8-16-11-7-5-6-10(14)12(11)15/h5-7,17H,3-4,8-9H2,1-2H3. The van der Waals surface area contributed by atoms with Crippen molar-refractivity contribution in [2.75, 3.05) is 12.4 Å². The lowest BCUT2D eigenvalue weighted by molar-refractivity contribution is 0.157. The molecule has 0 N–H and O–H groups in total. The molecule has 96 valence electrons. The number of hydrogen-bond donors (Lipinski definition) is 1. The SMILES string of the molecule is CCC(CC)(CS)COc1cccc(Cl)c1Cl. The van der Waals surface area contributed by atoms with E-state index in [9.17, 15) is 0 Å². The Hall–Kier alpha value is -0.0500. The molecule has 1 aromatic carbocycles. The second-order valence-corrected chi connectivity index (χ2v) is 5.31. The first-order chi connectivity index (χ1) is 8.08. The Kier molecular flexibility index (Phi) is 5.98. The van der Waals surface area contributed by atoms with E-state index >= 15 is 0 Å². The summed E-state index contributed by atoms with van der Waals surface area (Å²) in [6.07, 6.45) is 2.07. The number of hydrogen-bond acceptors (Lipinski definition) is 2. The second kappa shape index (κ2) is 6.77. The minimum absolute atomic E-state index is 0.106. The fourth-order valence-corrected chi connectivity index (χ4v) is 2.43. The van der Waals surface area contributed by atoms with E-state index in [1.165, 1.54) is 0 Å². The van der Waals surface area contributed by atoms with Gasteiger partial charge in [0.1, 0.15) is 10.8 Å². The summed E-state index contributed by atoms with van der Waals surface area (Å²) >= 11 is 16.4. The first kappa shape index (κ1) is 15.0. The predicted molar refractivity (Wildman–Crippen MR) is 78.8 cm³/mol. The van der Waals surface area contributed by atoms with E-state index in [0.29, 0.717) is 22.4 Å². The van der Waals surface area contributed by atoms with Gasteiger partial charge in [-0.1, -0.05) is 43.1 Å². The van der Waals surface area contributed by atoms with Crippen LogP contribution >= 0.6 is 35.8 Å².